The third-order valence-corrected chi connectivity index (χ3v) is 7.76. The van der Waals surface area contributed by atoms with Gasteiger partial charge in [0.15, 0.2) is 0 Å². The lowest BCUT2D eigenvalue weighted by atomic mass is 9.75. The van der Waals surface area contributed by atoms with Crippen molar-refractivity contribution < 1.29 is 9.59 Å². The first-order valence-corrected chi connectivity index (χ1v) is 13.1. The molecule has 0 saturated carbocycles. The van der Waals surface area contributed by atoms with E-state index in [-0.39, 0.29) is 17.4 Å². The van der Waals surface area contributed by atoms with E-state index in [0.717, 1.165) is 37.8 Å². The molecule has 2 amide bonds. The second kappa shape index (κ2) is 10.3. The molecule has 1 aromatic heterocycles. The molecule has 36 heavy (non-hydrogen) atoms. The highest BCUT2D eigenvalue weighted by molar-refractivity contribution is 5.95. The zero-order valence-electron chi connectivity index (χ0n) is 21.3. The monoisotopic (exact) mass is 484 g/mol. The molecule has 5 rings (SSSR count). The molecule has 2 aliphatic rings. The number of amides is 2. The number of nitrogens with zero attached hydrogens (tertiary/aromatic N) is 4. The number of hydrogen-bond acceptors (Lipinski definition) is 3. The van der Waals surface area contributed by atoms with Crippen molar-refractivity contribution in [2.24, 2.45) is 11.3 Å². The van der Waals surface area contributed by atoms with Crippen molar-refractivity contribution >= 4 is 11.8 Å². The summed E-state index contributed by atoms with van der Waals surface area (Å²) < 4.78 is 1.99. The standard InChI is InChI=1S/C30H36N4O2/c1-23(2)20-34-27(18-24-7-4-3-5-8-24)19-30(29(34)36)11-14-33(15-12-30)28(35)26-10-6-9-25(17-26)21-32-16-13-31-22-32/h3-10,13,16-17,22-23,27H,11-12,14-15,18-21H2,1-2H3/t27-/m1/s1. The second-order valence-electron chi connectivity index (χ2n) is 10.9. The van der Waals surface area contributed by atoms with Gasteiger partial charge in [0.25, 0.3) is 5.91 Å². The van der Waals surface area contributed by atoms with Crippen LogP contribution in [0.4, 0.5) is 0 Å². The van der Waals surface area contributed by atoms with Crippen molar-refractivity contribution in [2.45, 2.75) is 52.1 Å². The van der Waals surface area contributed by atoms with Crippen LogP contribution >= 0.6 is 0 Å². The molecule has 0 bridgehead atoms. The summed E-state index contributed by atoms with van der Waals surface area (Å²) in [6.45, 7) is 7.10. The quantitative estimate of drug-likeness (QED) is 0.490. The molecule has 188 valence electrons. The van der Waals surface area contributed by atoms with Gasteiger partial charge in [-0.1, -0.05) is 56.3 Å². The van der Waals surface area contributed by atoms with Crippen LogP contribution in [0.3, 0.4) is 0 Å². The molecule has 2 saturated heterocycles. The maximum absolute atomic E-state index is 13.8. The lowest BCUT2D eigenvalue weighted by Crippen LogP contribution is -2.47. The van der Waals surface area contributed by atoms with Gasteiger partial charge in [0.05, 0.1) is 11.7 Å². The Balaban J connectivity index is 1.27. The number of likely N-dealkylation sites (tertiary alicyclic amines) is 2. The first-order chi connectivity index (χ1) is 17.4. The van der Waals surface area contributed by atoms with Gasteiger partial charge in [-0.25, -0.2) is 4.98 Å². The van der Waals surface area contributed by atoms with Crippen molar-refractivity contribution in [3.63, 3.8) is 0 Å². The van der Waals surface area contributed by atoms with Gasteiger partial charge in [0.1, 0.15) is 0 Å². The van der Waals surface area contributed by atoms with E-state index in [4.69, 9.17) is 0 Å². The fourth-order valence-electron chi connectivity index (χ4n) is 5.95. The van der Waals surface area contributed by atoms with Crippen LogP contribution in [-0.2, 0) is 17.8 Å². The SMILES string of the molecule is CC(C)CN1C(=O)C2(CCN(C(=O)c3cccc(Cn4ccnc4)c3)CC2)C[C@H]1Cc1ccccc1. The summed E-state index contributed by atoms with van der Waals surface area (Å²) in [4.78, 5) is 35.3. The number of benzene rings is 2. The minimum absolute atomic E-state index is 0.0580. The number of piperidine rings is 1. The highest BCUT2D eigenvalue weighted by Crippen LogP contribution is 2.45. The molecule has 6 nitrogen and oxygen atoms in total. The molecule has 1 spiro atoms. The van der Waals surface area contributed by atoms with E-state index in [1.165, 1.54) is 5.56 Å². The summed E-state index contributed by atoms with van der Waals surface area (Å²) in [6.07, 6.45) is 8.73. The molecule has 0 radical (unpaired) electrons. The van der Waals surface area contributed by atoms with Crippen LogP contribution in [-0.4, -0.2) is 56.8 Å². The van der Waals surface area contributed by atoms with Crippen LogP contribution in [0.25, 0.3) is 0 Å². The van der Waals surface area contributed by atoms with Gasteiger partial charge in [0.2, 0.25) is 5.91 Å². The Morgan fingerprint density at radius 1 is 1.06 bits per heavy atom. The van der Waals surface area contributed by atoms with E-state index in [1.807, 2.05) is 46.0 Å². The summed E-state index contributed by atoms with van der Waals surface area (Å²) in [5, 5.41) is 0. The Morgan fingerprint density at radius 3 is 2.50 bits per heavy atom. The summed E-state index contributed by atoms with van der Waals surface area (Å²) in [5.41, 5.74) is 2.73. The molecule has 3 heterocycles. The van der Waals surface area contributed by atoms with Gasteiger partial charge in [-0.3, -0.25) is 9.59 Å². The number of hydrogen-bond donors (Lipinski definition) is 0. The van der Waals surface area contributed by atoms with Crippen LogP contribution < -0.4 is 0 Å². The Labute approximate surface area is 213 Å². The van der Waals surface area contributed by atoms with Crippen molar-refractivity contribution in [3.8, 4) is 0 Å². The van der Waals surface area contributed by atoms with Crippen molar-refractivity contribution in [1.82, 2.24) is 19.4 Å². The zero-order chi connectivity index (χ0) is 25.1. The predicted molar refractivity (Wildman–Crippen MR) is 140 cm³/mol. The minimum Gasteiger partial charge on any atom is -0.339 e. The number of carbonyl (C=O) groups excluding carboxylic acids is 2. The average molecular weight is 485 g/mol. The highest BCUT2D eigenvalue weighted by Gasteiger charge is 2.52. The fourth-order valence-corrected chi connectivity index (χ4v) is 5.95. The predicted octanol–water partition coefficient (Wildman–Crippen LogP) is 4.65. The molecule has 2 aliphatic heterocycles. The minimum atomic E-state index is -0.339. The van der Waals surface area contributed by atoms with Gasteiger partial charge in [0, 0.05) is 50.2 Å². The van der Waals surface area contributed by atoms with E-state index < -0.39 is 0 Å². The molecular formula is C30H36N4O2. The molecule has 3 aromatic rings. The Morgan fingerprint density at radius 2 is 1.81 bits per heavy atom. The third kappa shape index (κ3) is 5.08. The van der Waals surface area contributed by atoms with E-state index >= 15 is 0 Å². The largest absolute Gasteiger partial charge is 0.339 e. The first-order valence-electron chi connectivity index (χ1n) is 13.1. The zero-order valence-corrected chi connectivity index (χ0v) is 21.3. The molecule has 0 aliphatic carbocycles. The van der Waals surface area contributed by atoms with Crippen molar-refractivity contribution in [3.05, 3.63) is 90.0 Å². The summed E-state index contributed by atoms with van der Waals surface area (Å²) >= 11 is 0. The van der Waals surface area contributed by atoms with E-state index in [1.54, 1.807) is 12.5 Å². The normalized spacial score (nSPS) is 19.4. The number of imidazole rings is 1. The molecule has 1 atom stereocenters. The lowest BCUT2D eigenvalue weighted by Gasteiger charge is -2.38. The summed E-state index contributed by atoms with van der Waals surface area (Å²) in [6, 6.07) is 18.6. The second-order valence-corrected chi connectivity index (χ2v) is 10.9. The van der Waals surface area contributed by atoms with Gasteiger partial charge in [-0.2, -0.15) is 0 Å². The smallest absolute Gasteiger partial charge is 0.253 e. The Kier molecular flexibility index (Phi) is 6.95. The van der Waals surface area contributed by atoms with Crippen molar-refractivity contribution in [1.29, 1.82) is 0 Å². The van der Waals surface area contributed by atoms with Crippen LogP contribution in [0.15, 0.2) is 73.3 Å². The molecule has 2 fully saturated rings. The average Bonchev–Trinajstić information content (AvgIpc) is 3.47. The number of aromatic nitrogens is 2. The van der Waals surface area contributed by atoms with Gasteiger partial charge < -0.3 is 14.4 Å². The lowest BCUT2D eigenvalue weighted by molar-refractivity contribution is -0.139. The maximum Gasteiger partial charge on any atom is 0.253 e. The Hall–Kier alpha value is -3.41. The molecule has 0 N–H and O–H groups in total. The van der Waals surface area contributed by atoms with Crippen LogP contribution in [0, 0.1) is 11.3 Å². The molecule has 6 heteroatoms. The third-order valence-electron chi connectivity index (χ3n) is 7.76. The topological polar surface area (TPSA) is 58.4 Å². The van der Waals surface area contributed by atoms with Gasteiger partial charge in [-0.15, -0.1) is 0 Å². The van der Waals surface area contributed by atoms with Crippen LogP contribution in [0.5, 0.6) is 0 Å². The van der Waals surface area contributed by atoms with Gasteiger partial charge >= 0.3 is 0 Å². The van der Waals surface area contributed by atoms with E-state index in [2.05, 4.69) is 48.0 Å². The molecule has 2 aromatic carbocycles. The van der Waals surface area contributed by atoms with Crippen LogP contribution in [0.1, 0.15) is 54.6 Å². The van der Waals surface area contributed by atoms with E-state index in [9.17, 15) is 9.59 Å². The summed E-state index contributed by atoms with van der Waals surface area (Å²) in [5.74, 6) is 0.785. The molecular weight excluding hydrogens is 448 g/mol. The van der Waals surface area contributed by atoms with Gasteiger partial charge in [-0.05, 0) is 54.9 Å². The Bertz CT molecular complexity index is 1180. The van der Waals surface area contributed by atoms with Crippen LogP contribution in [0.2, 0.25) is 0 Å². The summed E-state index contributed by atoms with van der Waals surface area (Å²) in [7, 11) is 0. The first kappa shape index (κ1) is 24.3. The molecule has 0 unspecified atom stereocenters. The maximum atomic E-state index is 13.8. The van der Waals surface area contributed by atoms with Crippen molar-refractivity contribution in [2.75, 3.05) is 19.6 Å². The van der Waals surface area contributed by atoms with E-state index in [0.29, 0.717) is 37.0 Å². The fraction of sp³-hybridized carbons (Fsp3) is 0.433. The highest BCUT2D eigenvalue weighted by atomic mass is 16.2. The number of rotatable bonds is 7. The number of carbonyl (C=O) groups is 2.